The van der Waals surface area contributed by atoms with Crippen LogP contribution in [0.3, 0.4) is 0 Å². The highest BCUT2D eigenvalue weighted by atomic mass is 16.5. The van der Waals surface area contributed by atoms with E-state index in [9.17, 15) is 4.79 Å². The van der Waals surface area contributed by atoms with E-state index in [-0.39, 0.29) is 12.0 Å². The molecule has 0 heterocycles. The molecule has 0 aromatic heterocycles. The van der Waals surface area contributed by atoms with Gasteiger partial charge in [-0.15, -0.1) is 5.92 Å². The molecule has 0 rings (SSSR count). The van der Waals surface area contributed by atoms with Gasteiger partial charge in [-0.25, -0.2) is 0 Å². The van der Waals surface area contributed by atoms with Crippen LogP contribution < -0.4 is 5.32 Å². The van der Waals surface area contributed by atoms with Crippen LogP contribution in [0.1, 0.15) is 13.8 Å². The summed E-state index contributed by atoms with van der Waals surface area (Å²) in [4.78, 5) is 10.8. The third-order valence-corrected chi connectivity index (χ3v) is 1.23. The molecule has 0 radical (unpaired) electrons. The van der Waals surface area contributed by atoms with Crippen LogP contribution in [-0.4, -0.2) is 25.7 Å². The average Bonchev–Trinajstić information content (AvgIpc) is 2.03. The lowest BCUT2D eigenvalue weighted by Crippen LogP contribution is -2.34. The molecule has 0 aromatic rings. The Bertz CT molecular complexity index is 178. The predicted octanol–water partition coefficient (Wildman–Crippen LogP) is 0.161. The minimum Gasteiger partial charge on any atom is -0.468 e. The molecule has 0 saturated carbocycles. The van der Waals surface area contributed by atoms with E-state index < -0.39 is 0 Å². The second-order valence-corrected chi connectivity index (χ2v) is 2.05. The van der Waals surface area contributed by atoms with Crippen molar-refractivity contribution in [3.05, 3.63) is 0 Å². The van der Waals surface area contributed by atoms with E-state index in [0.29, 0.717) is 6.54 Å². The Balaban J connectivity index is 3.57. The summed E-state index contributed by atoms with van der Waals surface area (Å²) >= 11 is 0. The molecule has 0 aromatic carbocycles. The monoisotopic (exact) mass is 155 g/mol. The summed E-state index contributed by atoms with van der Waals surface area (Å²) in [5.41, 5.74) is 0. The van der Waals surface area contributed by atoms with Crippen molar-refractivity contribution in [2.24, 2.45) is 0 Å². The van der Waals surface area contributed by atoms with Gasteiger partial charge >= 0.3 is 5.97 Å². The molecule has 3 nitrogen and oxygen atoms in total. The van der Waals surface area contributed by atoms with E-state index in [4.69, 9.17) is 0 Å². The first-order valence-electron chi connectivity index (χ1n) is 3.43. The fourth-order valence-electron chi connectivity index (χ4n) is 0.553. The summed E-state index contributed by atoms with van der Waals surface area (Å²) in [5.74, 6) is 5.24. The maximum Gasteiger partial charge on any atom is 0.322 e. The maximum atomic E-state index is 10.8. The Labute approximate surface area is 67.1 Å². The molecule has 1 atom stereocenters. The van der Waals surface area contributed by atoms with E-state index in [1.54, 1.807) is 13.8 Å². The normalized spacial score (nSPS) is 11.2. The maximum absolute atomic E-state index is 10.8. The molecular formula is C8H13NO2. The molecule has 0 aliphatic rings. The molecule has 3 heteroatoms. The number of hydrogen-bond donors (Lipinski definition) is 1. The van der Waals surface area contributed by atoms with E-state index >= 15 is 0 Å². The Morgan fingerprint density at radius 3 is 2.82 bits per heavy atom. The van der Waals surface area contributed by atoms with Crippen LogP contribution in [0.15, 0.2) is 0 Å². The Morgan fingerprint density at radius 2 is 2.36 bits per heavy atom. The minimum absolute atomic E-state index is 0.261. The highest BCUT2D eigenvalue weighted by molar-refractivity contribution is 5.75. The molecule has 0 amide bonds. The van der Waals surface area contributed by atoms with Crippen molar-refractivity contribution in [3.8, 4) is 11.8 Å². The van der Waals surface area contributed by atoms with E-state index in [1.807, 2.05) is 0 Å². The van der Waals surface area contributed by atoms with Crippen LogP contribution in [0.4, 0.5) is 0 Å². The summed E-state index contributed by atoms with van der Waals surface area (Å²) in [7, 11) is 1.37. The molecule has 0 aliphatic heterocycles. The first-order valence-corrected chi connectivity index (χ1v) is 3.43. The van der Waals surface area contributed by atoms with Gasteiger partial charge in [-0.2, -0.15) is 0 Å². The number of nitrogens with one attached hydrogen (secondary N) is 1. The van der Waals surface area contributed by atoms with E-state index in [2.05, 4.69) is 21.9 Å². The van der Waals surface area contributed by atoms with E-state index in [1.165, 1.54) is 7.11 Å². The van der Waals surface area contributed by atoms with Gasteiger partial charge in [0.15, 0.2) is 0 Å². The van der Waals surface area contributed by atoms with Crippen molar-refractivity contribution in [3.63, 3.8) is 0 Å². The van der Waals surface area contributed by atoms with Crippen LogP contribution in [-0.2, 0) is 9.53 Å². The van der Waals surface area contributed by atoms with Crippen LogP contribution in [0.2, 0.25) is 0 Å². The Morgan fingerprint density at radius 1 is 1.73 bits per heavy atom. The first-order chi connectivity index (χ1) is 5.22. The largest absolute Gasteiger partial charge is 0.468 e. The quantitative estimate of drug-likeness (QED) is 0.466. The SMILES string of the molecule is CC#CCNC(C)C(=O)OC. The number of hydrogen-bond acceptors (Lipinski definition) is 3. The Hall–Kier alpha value is -1.01. The zero-order valence-electron chi connectivity index (χ0n) is 7.10. The smallest absolute Gasteiger partial charge is 0.322 e. The molecule has 0 spiro atoms. The van der Waals surface area contributed by atoms with Gasteiger partial charge in [0.2, 0.25) is 0 Å². The molecule has 0 saturated heterocycles. The lowest BCUT2D eigenvalue weighted by Gasteiger charge is -2.07. The van der Waals surface area contributed by atoms with Gasteiger partial charge in [-0.3, -0.25) is 10.1 Å². The Kier molecular flexibility index (Phi) is 5.22. The van der Waals surface area contributed by atoms with E-state index in [0.717, 1.165) is 0 Å². The van der Waals surface area contributed by atoms with Crippen LogP contribution in [0, 0.1) is 11.8 Å². The molecule has 1 N–H and O–H groups in total. The summed E-state index contributed by atoms with van der Waals surface area (Å²) < 4.78 is 4.49. The molecule has 0 fully saturated rings. The summed E-state index contributed by atoms with van der Waals surface area (Å²) in [6.07, 6.45) is 0. The second kappa shape index (κ2) is 5.75. The molecular weight excluding hydrogens is 142 g/mol. The van der Waals surface area contributed by atoms with Crippen LogP contribution >= 0.6 is 0 Å². The molecule has 0 bridgehead atoms. The average molecular weight is 155 g/mol. The molecule has 11 heavy (non-hydrogen) atoms. The van der Waals surface area contributed by atoms with Crippen molar-refractivity contribution in [2.45, 2.75) is 19.9 Å². The standard InChI is InChI=1S/C8H13NO2/c1-4-5-6-9-7(2)8(10)11-3/h7,9H,6H2,1-3H3. The number of ether oxygens (including phenoxy) is 1. The van der Waals surface area contributed by atoms with Crippen LogP contribution in [0.5, 0.6) is 0 Å². The number of carbonyl (C=O) groups is 1. The summed E-state index contributed by atoms with van der Waals surface area (Å²) in [6, 6.07) is -0.277. The third kappa shape index (κ3) is 4.40. The fourth-order valence-corrected chi connectivity index (χ4v) is 0.553. The second-order valence-electron chi connectivity index (χ2n) is 2.05. The molecule has 62 valence electrons. The van der Waals surface area contributed by atoms with Gasteiger partial charge in [0.05, 0.1) is 13.7 Å². The number of esters is 1. The van der Waals surface area contributed by atoms with Gasteiger partial charge in [0.1, 0.15) is 6.04 Å². The molecule has 1 unspecified atom stereocenters. The van der Waals surface area contributed by atoms with Gasteiger partial charge in [-0.05, 0) is 13.8 Å². The van der Waals surface area contributed by atoms with Crippen molar-refractivity contribution in [1.82, 2.24) is 5.32 Å². The molecule has 0 aliphatic carbocycles. The van der Waals surface area contributed by atoms with Gasteiger partial charge in [0, 0.05) is 0 Å². The lowest BCUT2D eigenvalue weighted by atomic mass is 10.3. The minimum atomic E-state index is -0.277. The fraction of sp³-hybridized carbons (Fsp3) is 0.625. The third-order valence-electron chi connectivity index (χ3n) is 1.23. The van der Waals surface area contributed by atoms with Gasteiger partial charge in [0.25, 0.3) is 0 Å². The highest BCUT2D eigenvalue weighted by Crippen LogP contribution is 1.83. The van der Waals surface area contributed by atoms with Gasteiger partial charge in [-0.1, -0.05) is 5.92 Å². The van der Waals surface area contributed by atoms with Crippen molar-refractivity contribution in [1.29, 1.82) is 0 Å². The lowest BCUT2D eigenvalue weighted by molar-refractivity contribution is -0.142. The predicted molar refractivity (Wildman–Crippen MR) is 42.9 cm³/mol. The van der Waals surface area contributed by atoms with Gasteiger partial charge < -0.3 is 4.74 Å². The zero-order chi connectivity index (χ0) is 8.69. The topological polar surface area (TPSA) is 38.3 Å². The number of methoxy groups -OCH3 is 1. The summed E-state index contributed by atoms with van der Waals surface area (Å²) in [6.45, 7) is 4.01. The van der Waals surface area contributed by atoms with Crippen molar-refractivity contribution in [2.75, 3.05) is 13.7 Å². The summed E-state index contributed by atoms with van der Waals surface area (Å²) in [5, 5.41) is 2.89. The number of rotatable bonds is 3. The van der Waals surface area contributed by atoms with Crippen molar-refractivity contribution >= 4 is 5.97 Å². The van der Waals surface area contributed by atoms with Crippen LogP contribution in [0.25, 0.3) is 0 Å². The zero-order valence-corrected chi connectivity index (χ0v) is 7.10. The highest BCUT2D eigenvalue weighted by Gasteiger charge is 2.09. The van der Waals surface area contributed by atoms with Crippen molar-refractivity contribution < 1.29 is 9.53 Å². The number of carbonyl (C=O) groups excluding carboxylic acids is 1. The first kappa shape index (κ1) is 9.99.